The molecular formula is C16H13F3N2O3. The molecule has 0 aliphatic carbocycles. The second kappa shape index (κ2) is 6.61. The molecule has 0 saturated carbocycles. The summed E-state index contributed by atoms with van der Waals surface area (Å²) in [6, 6.07) is 7.07. The first-order valence-electron chi connectivity index (χ1n) is 6.69. The number of carbonyl (C=O) groups is 2. The van der Waals surface area contributed by atoms with Crippen molar-refractivity contribution < 1.29 is 27.5 Å². The predicted molar refractivity (Wildman–Crippen MR) is 80.4 cm³/mol. The Morgan fingerprint density at radius 2 is 1.75 bits per heavy atom. The Morgan fingerprint density at radius 3 is 2.29 bits per heavy atom. The number of anilines is 1. The van der Waals surface area contributed by atoms with Gasteiger partial charge in [0.2, 0.25) is 0 Å². The Bertz CT molecular complexity index is 777. The molecule has 0 saturated heterocycles. The summed E-state index contributed by atoms with van der Waals surface area (Å²) < 4.78 is 46.2. The Morgan fingerprint density at radius 1 is 1.12 bits per heavy atom. The van der Waals surface area contributed by atoms with Gasteiger partial charge in [0, 0.05) is 11.6 Å². The van der Waals surface area contributed by atoms with E-state index in [1.54, 1.807) is 0 Å². The highest BCUT2D eigenvalue weighted by Gasteiger charge is 2.41. The van der Waals surface area contributed by atoms with Crippen molar-refractivity contribution in [3.63, 3.8) is 0 Å². The molecule has 24 heavy (non-hydrogen) atoms. The van der Waals surface area contributed by atoms with E-state index < -0.39 is 29.1 Å². The zero-order valence-electron chi connectivity index (χ0n) is 12.5. The average Bonchev–Trinajstić information content (AvgIpc) is 2.54. The van der Waals surface area contributed by atoms with Crippen molar-refractivity contribution in [2.75, 3.05) is 12.4 Å². The first-order chi connectivity index (χ1) is 11.3. The maximum atomic E-state index is 14.2. The molecule has 0 aliphatic rings. The van der Waals surface area contributed by atoms with Crippen LogP contribution in [-0.2, 0) is 10.7 Å². The summed E-state index contributed by atoms with van der Waals surface area (Å²) in [6.07, 6.45) is 0. The molecule has 5 nitrogen and oxygen atoms in total. The molecule has 0 heterocycles. The number of primary amides is 1. The van der Waals surface area contributed by atoms with Gasteiger partial charge in [0.1, 0.15) is 11.6 Å². The smallest absolute Gasteiger partial charge is 0.350 e. The van der Waals surface area contributed by atoms with Crippen molar-refractivity contribution in [3.8, 4) is 5.75 Å². The van der Waals surface area contributed by atoms with Gasteiger partial charge in [0.15, 0.2) is 0 Å². The molecule has 0 radical (unpaired) electrons. The van der Waals surface area contributed by atoms with E-state index in [9.17, 15) is 22.8 Å². The van der Waals surface area contributed by atoms with Gasteiger partial charge in [-0.3, -0.25) is 9.59 Å². The number of halogens is 3. The van der Waals surface area contributed by atoms with Crippen LogP contribution in [0, 0.1) is 5.82 Å². The fourth-order valence-corrected chi connectivity index (χ4v) is 1.96. The molecular weight excluding hydrogens is 325 g/mol. The third-order valence-corrected chi connectivity index (χ3v) is 3.23. The normalized spacial score (nSPS) is 11.0. The number of amides is 2. The van der Waals surface area contributed by atoms with Gasteiger partial charge in [0.25, 0.3) is 11.8 Å². The van der Waals surface area contributed by atoms with Crippen molar-refractivity contribution in [1.82, 2.24) is 0 Å². The zero-order valence-corrected chi connectivity index (χ0v) is 12.5. The molecule has 0 unspecified atom stereocenters. The SMILES string of the molecule is COc1ccc(C(N)=O)c(NC(=O)C(F)(F)c2ccc(F)cc2)c1. The number of benzene rings is 2. The highest BCUT2D eigenvalue weighted by molar-refractivity contribution is 6.05. The molecule has 8 heteroatoms. The molecule has 126 valence electrons. The lowest BCUT2D eigenvalue weighted by molar-refractivity contribution is -0.140. The number of ether oxygens (including phenoxy) is 1. The molecule has 2 aromatic rings. The van der Waals surface area contributed by atoms with E-state index in [1.165, 1.54) is 25.3 Å². The van der Waals surface area contributed by atoms with Crippen LogP contribution in [0.3, 0.4) is 0 Å². The molecule has 2 amide bonds. The number of hydrogen-bond acceptors (Lipinski definition) is 3. The van der Waals surface area contributed by atoms with Crippen molar-refractivity contribution in [1.29, 1.82) is 0 Å². The van der Waals surface area contributed by atoms with Crippen LogP contribution < -0.4 is 15.8 Å². The summed E-state index contributed by atoms with van der Waals surface area (Å²) in [6.45, 7) is 0. The number of rotatable bonds is 5. The lowest BCUT2D eigenvalue weighted by atomic mass is 10.1. The molecule has 0 atom stereocenters. The third-order valence-electron chi connectivity index (χ3n) is 3.23. The monoisotopic (exact) mass is 338 g/mol. The van der Waals surface area contributed by atoms with Gasteiger partial charge in [0.05, 0.1) is 18.4 Å². The van der Waals surface area contributed by atoms with E-state index in [0.717, 1.165) is 24.3 Å². The quantitative estimate of drug-likeness (QED) is 0.879. The molecule has 3 N–H and O–H groups in total. The van der Waals surface area contributed by atoms with Crippen LogP contribution in [0.5, 0.6) is 5.75 Å². The fraction of sp³-hybridized carbons (Fsp3) is 0.125. The predicted octanol–water partition coefficient (Wildman–Crippen LogP) is 2.66. The van der Waals surface area contributed by atoms with Crippen molar-refractivity contribution in [2.45, 2.75) is 5.92 Å². The zero-order chi connectivity index (χ0) is 17.9. The second-order valence-corrected chi connectivity index (χ2v) is 4.81. The van der Waals surface area contributed by atoms with Crippen molar-refractivity contribution in [2.24, 2.45) is 5.73 Å². The van der Waals surface area contributed by atoms with E-state index in [1.807, 2.05) is 5.32 Å². The maximum absolute atomic E-state index is 14.2. The summed E-state index contributed by atoms with van der Waals surface area (Å²) in [5.41, 5.74) is 4.10. The minimum absolute atomic E-state index is 0.154. The van der Waals surface area contributed by atoms with E-state index >= 15 is 0 Å². The number of nitrogens with two attached hydrogens (primary N) is 1. The summed E-state index contributed by atoms with van der Waals surface area (Å²) in [5, 5.41) is 1.96. The van der Waals surface area contributed by atoms with Gasteiger partial charge < -0.3 is 15.8 Å². The van der Waals surface area contributed by atoms with E-state index in [2.05, 4.69) is 0 Å². The Kier molecular flexibility index (Phi) is 4.77. The molecule has 0 aromatic heterocycles. The number of methoxy groups -OCH3 is 1. The summed E-state index contributed by atoms with van der Waals surface area (Å²) in [4.78, 5) is 23.3. The molecule has 0 aliphatic heterocycles. The minimum Gasteiger partial charge on any atom is -0.497 e. The van der Waals surface area contributed by atoms with Gasteiger partial charge in [-0.1, -0.05) is 0 Å². The van der Waals surface area contributed by atoms with Crippen LogP contribution in [0.15, 0.2) is 42.5 Å². The topological polar surface area (TPSA) is 81.4 Å². The summed E-state index contributed by atoms with van der Waals surface area (Å²) in [7, 11) is 1.33. The van der Waals surface area contributed by atoms with Gasteiger partial charge >= 0.3 is 5.92 Å². The average molecular weight is 338 g/mol. The van der Waals surface area contributed by atoms with Gasteiger partial charge in [-0.25, -0.2) is 4.39 Å². The van der Waals surface area contributed by atoms with E-state index in [-0.39, 0.29) is 17.0 Å². The largest absolute Gasteiger partial charge is 0.497 e. The first-order valence-corrected chi connectivity index (χ1v) is 6.69. The van der Waals surface area contributed by atoms with Crippen LogP contribution in [0.25, 0.3) is 0 Å². The van der Waals surface area contributed by atoms with Crippen LogP contribution >= 0.6 is 0 Å². The lowest BCUT2D eigenvalue weighted by Crippen LogP contribution is -2.33. The van der Waals surface area contributed by atoms with Crippen LogP contribution in [0.1, 0.15) is 15.9 Å². The number of nitrogens with one attached hydrogen (secondary N) is 1. The number of alkyl halides is 2. The third kappa shape index (κ3) is 3.48. The van der Waals surface area contributed by atoms with Crippen LogP contribution in [-0.4, -0.2) is 18.9 Å². The highest BCUT2D eigenvalue weighted by atomic mass is 19.3. The summed E-state index contributed by atoms with van der Waals surface area (Å²) in [5.74, 6) is -7.01. The minimum atomic E-state index is -3.94. The highest BCUT2D eigenvalue weighted by Crippen LogP contribution is 2.31. The van der Waals surface area contributed by atoms with Gasteiger partial charge in [-0.05, 0) is 36.4 Å². The van der Waals surface area contributed by atoms with Gasteiger partial charge in [-0.15, -0.1) is 0 Å². The van der Waals surface area contributed by atoms with E-state index in [0.29, 0.717) is 0 Å². The molecule has 2 rings (SSSR count). The molecule has 0 spiro atoms. The van der Waals surface area contributed by atoms with Crippen molar-refractivity contribution >= 4 is 17.5 Å². The lowest BCUT2D eigenvalue weighted by Gasteiger charge is -2.18. The number of carbonyl (C=O) groups excluding carboxylic acids is 2. The Balaban J connectivity index is 2.34. The molecule has 0 bridgehead atoms. The van der Waals surface area contributed by atoms with Crippen molar-refractivity contribution in [3.05, 3.63) is 59.4 Å². The second-order valence-electron chi connectivity index (χ2n) is 4.81. The molecule has 2 aromatic carbocycles. The fourth-order valence-electron chi connectivity index (χ4n) is 1.96. The van der Waals surface area contributed by atoms with Gasteiger partial charge in [-0.2, -0.15) is 8.78 Å². The number of hydrogen-bond donors (Lipinski definition) is 2. The standard InChI is InChI=1S/C16H13F3N2O3/c1-24-11-6-7-12(14(20)22)13(8-11)21-15(23)16(18,19)9-2-4-10(17)5-3-9/h2-8H,1H3,(H2,20,22)(H,21,23). The maximum Gasteiger partial charge on any atom is 0.350 e. The molecule has 0 fully saturated rings. The first kappa shape index (κ1) is 17.3. The van der Waals surface area contributed by atoms with Crippen LogP contribution in [0.4, 0.5) is 18.9 Å². The van der Waals surface area contributed by atoms with Crippen LogP contribution in [0.2, 0.25) is 0 Å². The summed E-state index contributed by atoms with van der Waals surface area (Å²) >= 11 is 0. The Hall–Kier alpha value is -3.03. The van der Waals surface area contributed by atoms with E-state index in [4.69, 9.17) is 10.5 Å². The Labute approximate surface area is 135 Å².